The average molecular weight is 428 g/mol. The second-order valence-electron chi connectivity index (χ2n) is 4.58. The summed E-state index contributed by atoms with van der Waals surface area (Å²) in [6.07, 6.45) is -0.683. The molecular formula is C16H12Br2O2S. The van der Waals surface area contributed by atoms with Gasteiger partial charge in [-0.15, -0.1) is 11.3 Å². The first-order valence-corrected chi connectivity index (χ1v) is 8.70. The number of rotatable bonds is 3. The van der Waals surface area contributed by atoms with Crippen molar-refractivity contribution < 1.29 is 9.84 Å². The Morgan fingerprint density at radius 3 is 2.38 bits per heavy atom. The van der Waals surface area contributed by atoms with E-state index in [9.17, 15) is 5.11 Å². The molecule has 0 aliphatic heterocycles. The molecule has 0 spiro atoms. The largest absolute Gasteiger partial charge is 0.496 e. The Bertz CT molecular complexity index is 798. The van der Waals surface area contributed by atoms with Crippen LogP contribution >= 0.6 is 43.2 Å². The average Bonchev–Trinajstić information content (AvgIpc) is 2.84. The molecule has 1 aromatic heterocycles. The van der Waals surface area contributed by atoms with Crippen LogP contribution in [0.25, 0.3) is 10.8 Å². The first-order valence-electron chi connectivity index (χ1n) is 6.30. The molecule has 0 saturated heterocycles. The zero-order valence-electron chi connectivity index (χ0n) is 11.1. The molecule has 2 nitrogen and oxygen atoms in total. The lowest BCUT2D eigenvalue weighted by molar-refractivity contribution is 0.221. The maximum atomic E-state index is 10.8. The van der Waals surface area contributed by atoms with Crippen LogP contribution in [0.15, 0.2) is 50.0 Å². The number of ether oxygens (including phenoxy) is 1. The summed E-state index contributed by atoms with van der Waals surface area (Å²) in [7, 11) is 1.66. The molecular weight excluding hydrogens is 416 g/mol. The Balaban J connectivity index is 2.19. The van der Waals surface area contributed by atoms with E-state index in [4.69, 9.17) is 4.74 Å². The van der Waals surface area contributed by atoms with Crippen LogP contribution in [0.2, 0.25) is 0 Å². The zero-order valence-corrected chi connectivity index (χ0v) is 15.1. The van der Waals surface area contributed by atoms with Crippen LogP contribution in [-0.2, 0) is 0 Å². The van der Waals surface area contributed by atoms with E-state index in [1.807, 2.05) is 42.5 Å². The summed E-state index contributed by atoms with van der Waals surface area (Å²) >= 11 is 8.52. The van der Waals surface area contributed by atoms with Crippen molar-refractivity contribution in [1.82, 2.24) is 0 Å². The van der Waals surface area contributed by atoms with E-state index in [0.717, 1.165) is 35.2 Å². The van der Waals surface area contributed by atoms with Gasteiger partial charge in [-0.3, -0.25) is 0 Å². The molecule has 3 rings (SSSR count). The third-order valence-electron chi connectivity index (χ3n) is 3.41. The molecule has 0 aliphatic carbocycles. The highest BCUT2D eigenvalue weighted by Crippen LogP contribution is 2.40. The van der Waals surface area contributed by atoms with Crippen molar-refractivity contribution in [2.75, 3.05) is 7.11 Å². The number of aliphatic hydroxyl groups is 1. The van der Waals surface area contributed by atoms with Crippen molar-refractivity contribution in [2.45, 2.75) is 6.10 Å². The third kappa shape index (κ3) is 2.75. The van der Waals surface area contributed by atoms with Gasteiger partial charge < -0.3 is 9.84 Å². The van der Waals surface area contributed by atoms with Gasteiger partial charge in [-0.25, -0.2) is 0 Å². The highest BCUT2D eigenvalue weighted by atomic mass is 79.9. The van der Waals surface area contributed by atoms with Gasteiger partial charge >= 0.3 is 0 Å². The number of methoxy groups -OCH3 is 1. The molecule has 0 fully saturated rings. The first-order chi connectivity index (χ1) is 10.1. The fraction of sp³-hybridized carbons (Fsp3) is 0.125. The van der Waals surface area contributed by atoms with Gasteiger partial charge in [0, 0.05) is 10.9 Å². The van der Waals surface area contributed by atoms with E-state index in [2.05, 4.69) is 31.9 Å². The van der Waals surface area contributed by atoms with E-state index >= 15 is 0 Å². The second kappa shape index (κ2) is 6.08. The third-order valence-corrected chi connectivity index (χ3v) is 5.80. The molecule has 0 bridgehead atoms. The minimum Gasteiger partial charge on any atom is -0.496 e. The van der Waals surface area contributed by atoms with Gasteiger partial charge in [0.05, 0.1) is 14.7 Å². The lowest BCUT2D eigenvalue weighted by Crippen LogP contribution is -2.00. The summed E-state index contributed by atoms with van der Waals surface area (Å²) < 4.78 is 7.32. The van der Waals surface area contributed by atoms with E-state index in [1.54, 1.807) is 18.4 Å². The highest BCUT2D eigenvalue weighted by Gasteiger charge is 2.19. The summed E-state index contributed by atoms with van der Waals surface area (Å²) in [6.45, 7) is 0. The Kier molecular flexibility index (Phi) is 4.36. The Morgan fingerprint density at radius 1 is 1.05 bits per heavy atom. The van der Waals surface area contributed by atoms with Gasteiger partial charge in [0.2, 0.25) is 0 Å². The number of aliphatic hydroxyl groups excluding tert-OH is 1. The number of benzene rings is 2. The number of thiophene rings is 1. The molecule has 0 aliphatic rings. The van der Waals surface area contributed by atoms with E-state index in [1.165, 1.54) is 0 Å². The van der Waals surface area contributed by atoms with Crippen molar-refractivity contribution >= 4 is 54.0 Å². The molecule has 5 heteroatoms. The zero-order chi connectivity index (χ0) is 15.0. The van der Waals surface area contributed by atoms with Crippen LogP contribution in [0.5, 0.6) is 5.75 Å². The lowest BCUT2D eigenvalue weighted by atomic mass is 9.97. The fourth-order valence-corrected chi connectivity index (χ4v) is 5.30. The maximum absolute atomic E-state index is 10.8. The molecule has 0 radical (unpaired) electrons. The van der Waals surface area contributed by atoms with Crippen LogP contribution in [-0.4, -0.2) is 12.2 Å². The molecule has 108 valence electrons. The number of fused-ring (bicyclic) bond motifs is 1. The smallest absolute Gasteiger partial charge is 0.126 e. The van der Waals surface area contributed by atoms with Crippen LogP contribution in [0, 0.1) is 0 Å². The van der Waals surface area contributed by atoms with Crippen LogP contribution in [0.1, 0.15) is 17.2 Å². The van der Waals surface area contributed by atoms with Crippen LogP contribution in [0.3, 0.4) is 0 Å². The molecule has 0 saturated carbocycles. The molecule has 1 N–H and O–H groups in total. The minimum atomic E-state index is -0.683. The summed E-state index contributed by atoms with van der Waals surface area (Å²) in [5, 5.41) is 12.8. The first kappa shape index (κ1) is 15.0. The Labute approximate surface area is 143 Å². The highest BCUT2D eigenvalue weighted by molar-refractivity contribution is 9.12. The van der Waals surface area contributed by atoms with Crippen molar-refractivity contribution in [1.29, 1.82) is 0 Å². The summed E-state index contributed by atoms with van der Waals surface area (Å²) in [6, 6.07) is 13.7. The Hall–Kier alpha value is -0.880. The molecule has 21 heavy (non-hydrogen) atoms. The minimum absolute atomic E-state index is 0.683. The quantitative estimate of drug-likeness (QED) is 0.596. The molecule has 1 heterocycles. The monoisotopic (exact) mass is 426 g/mol. The van der Waals surface area contributed by atoms with Crippen molar-refractivity contribution in [3.05, 3.63) is 61.2 Å². The molecule has 3 aromatic rings. The van der Waals surface area contributed by atoms with Crippen LogP contribution in [0.4, 0.5) is 0 Å². The summed E-state index contributed by atoms with van der Waals surface area (Å²) in [4.78, 5) is 0. The fourth-order valence-electron chi connectivity index (χ4n) is 2.42. The van der Waals surface area contributed by atoms with Gasteiger partial charge in [0.15, 0.2) is 0 Å². The van der Waals surface area contributed by atoms with Crippen molar-refractivity contribution in [2.24, 2.45) is 0 Å². The normalized spacial score (nSPS) is 12.6. The van der Waals surface area contributed by atoms with E-state index in [0.29, 0.717) is 0 Å². The molecule has 2 aromatic carbocycles. The topological polar surface area (TPSA) is 29.5 Å². The van der Waals surface area contributed by atoms with E-state index in [-0.39, 0.29) is 0 Å². The molecule has 0 amide bonds. The SMILES string of the molecule is COc1ccc(C(O)c2cc(Br)sc2Br)c2ccccc12. The summed E-state index contributed by atoms with van der Waals surface area (Å²) in [5.41, 5.74) is 1.74. The van der Waals surface area contributed by atoms with Crippen LogP contribution < -0.4 is 4.74 Å². The van der Waals surface area contributed by atoms with Gasteiger partial charge in [-0.05, 0) is 54.9 Å². The number of halogens is 2. The predicted octanol–water partition coefficient (Wildman–Crippen LogP) is 5.52. The molecule has 1 atom stereocenters. The van der Waals surface area contributed by atoms with Crippen molar-refractivity contribution in [3.63, 3.8) is 0 Å². The van der Waals surface area contributed by atoms with Gasteiger partial charge in [-0.1, -0.05) is 30.3 Å². The Morgan fingerprint density at radius 2 is 1.76 bits per heavy atom. The van der Waals surface area contributed by atoms with E-state index < -0.39 is 6.10 Å². The van der Waals surface area contributed by atoms with Gasteiger partial charge in [0.25, 0.3) is 0 Å². The number of hydrogen-bond acceptors (Lipinski definition) is 3. The van der Waals surface area contributed by atoms with Crippen molar-refractivity contribution in [3.8, 4) is 5.75 Å². The number of hydrogen-bond donors (Lipinski definition) is 1. The standard InChI is InChI=1S/C16H12Br2O2S/c1-20-13-7-6-11(9-4-2-3-5-10(9)13)15(19)12-8-14(17)21-16(12)18/h2-8,15,19H,1H3. The second-order valence-corrected chi connectivity index (χ2v) is 8.33. The summed E-state index contributed by atoms with van der Waals surface area (Å²) in [5.74, 6) is 0.812. The van der Waals surface area contributed by atoms with Gasteiger partial charge in [0.1, 0.15) is 11.9 Å². The van der Waals surface area contributed by atoms with Gasteiger partial charge in [-0.2, -0.15) is 0 Å². The predicted molar refractivity (Wildman–Crippen MR) is 94.3 cm³/mol. The lowest BCUT2D eigenvalue weighted by Gasteiger charge is -2.15. The molecule has 1 unspecified atom stereocenters. The maximum Gasteiger partial charge on any atom is 0.126 e.